The summed E-state index contributed by atoms with van der Waals surface area (Å²) in [6.45, 7) is 1.91. The Morgan fingerprint density at radius 2 is 2.00 bits per heavy atom. The predicted molar refractivity (Wildman–Crippen MR) is 76.0 cm³/mol. The molecule has 0 saturated heterocycles. The minimum atomic E-state index is -0.872. The molecule has 0 aliphatic heterocycles. The second-order valence-electron chi connectivity index (χ2n) is 4.88. The Hall–Kier alpha value is -1.36. The number of hydrogen-bond acceptors (Lipinski definition) is 2. The van der Waals surface area contributed by atoms with Crippen LogP contribution in [0, 0.1) is 18.8 Å². The molecule has 1 aliphatic rings. The zero-order chi connectivity index (χ0) is 14.0. The Kier molecular flexibility index (Phi) is 4.24. The fourth-order valence-corrected chi connectivity index (χ4v) is 2.90. The molecule has 19 heavy (non-hydrogen) atoms. The smallest absolute Gasteiger partial charge is 0.307 e. The maximum atomic E-state index is 12.2. The van der Waals surface area contributed by atoms with Gasteiger partial charge in [-0.25, -0.2) is 0 Å². The van der Waals surface area contributed by atoms with E-state index in [1.165, 1.54) is 0 Å². The van der Waals surface area contributed by atoms with Gasteiger partial charge in [0.1, 0.15) is 0 Å². The summed E-state index contributed by atoms with van der Waals surface area (Å²) in [6, 6.07) is 5.57. The second-order valence-corrected chi connectivity index (χ2v) is 5.74. The number of carboxylic acid groups (broad SMARTS) is 1. The largest absolute Gasteiger partial charge is 0.481 e. The summed E-state index contributed by atoms with van der Waals surface area (Å²) in [5, 5.41) is 12.0. The van der Waals surface area contributed by atoms with Gasteiger partial charge in [-0.1, -0.05) is 28.4 Å². The molecule has 0 bridgehead atoms. The number of benzene rings is 1. The molecular formula is C14H16BrNO3. The number of amides is 1. The van der Waals surface area contributed by atoms with Gasteiger partial charge in [-0.05, 0) is 37.5 Å². The summed E-state index contributed by atoms with van der Waals surface area (Å²) in [6.07, 6.45) is 2.03. The van der Waals surface area contributed by atoms with Gasteiger partial charge in [0.2, 0.25) is 5.91 Å². The van der Waals surface area contributed by atoms with Crippen LogP contribution in [0.4, 0.5) is 5.69 Å². The lowest BCUT2D eigenvalue weighted by Crippen LogP contribution is -2.30. The number of carbonyl (C=O) groups is 2. The molecule has 2 atom stereocenters. The minimum absolute atomic E-state index is 0.189. The van der Waals surface area contributed by atoms with Crippen molar-refractivity contribution < 1.29 is 14.7 Å². The van der Waals surface area contributed by atoms with Crippen LogP contribution in [0.2, 0.25) is 0 Å². The molecule has 102 valence electrons. The summed E-state index contributed by atoms with van der Waals surface area (Å²) in [4.78, 5) is 23.3. The summed E-state index contributed by atoms with van der Waals surface area (Å²) in [5.41, 5.74) is 1.68. The summed E-state index contributed by atoms with van der Waals surface area (Å²) in [5.74, 6) is -2.03. The Labute approximate surface area is 120 Å². The van der Waals surface area contributed by atoms with Gasteiger partial charge in [-0.2, -0.15) is 0 Å². The van der Waals surface area contributed by atoms with Crippen molar-refractivity contribution >= 4 is 33.5 Å². The van der Waals surface area contributed by atoms with Gasteiger partial charge in [0.15, 0.2) is 0 Å². The topological polar surface area (TPSA) is 66.4 Å². The summed E-state index contributed by atoms with van der Waals surface area (Å²) >= 11 is 3.41. The molecule has 4 nitrogen and oxygen atoms in total. The fourth-order valence-electron chi connectivity index (χ4n) is 2.54. The van der Waals surface area contributed by atoms with Crippen molar-refractivity contribution in [2.45, 2.75) is 26.2 Å². The first-order valence-electron chi connectivity index (χ1n) is 6.29. The van der Waals surface area contributed by atoms with Crippen LogP contribution in [0.3, 0.4) is 0 Å². The molecule has 0 spiro atoms. The van der Waals surface area contributed by atoms with Crippen molar-refractivity contribution in [1.82, 2.24) is 0 Å². The second kappa shape index (κ2) is 5.74. The lowest BCUT2D eigenvalue weighted by Gasteiger charge is -2.17. The highest BCUT2D eigenvalue weighted by atomic mass is 79.9. The van der Waals surface area contributed by atoms with E-state index in [4.69, 9.17) is 5.11 Å². The van der Waals surface area contributed by atoms with Gasteiger partial charge >= 0.3 is 5.97 Å². The SMILES string of the molecule is Cc1c(Br)cccc1NC(=O)[C@@H]1CCC[C@@H]1C(=O)O. The molecular weight excluding hydrogens is 310 g/mol. The van der Waals surface area contributed by atoms with Crippen molar-refractivity contribution in [1.29, 1.82) is 0 Å². The fraction of sp³-hybridized carbons (Fsp3) is 0.429. The average Bonchev–Trinajstić information content (AvgIpc) is 2.84. The summed E-state index contributed by atoms with van der Waals surface area (Å²) in [7, 11) is 0. The van der Waals surface area contributed by atoms with E-state index >= 15 is 0 Å². The molecule has 1 amide bonds. The molecule has 0 heterocycles. The Morgan fingerprint density at radius 1 is 1.32 bits per heavy atom. The van der Waals surface area contributed by atoms with Gasteiger partial charge in [0.05, 0.1) is 11.8 Å². The molecule has 1 aromatic rings. The number of aliphatic carboxylic acids is 1. The van der Waals surface area contributed by atoms with Crippen LogP contribution >= 0.6 is 15.9 Å². The minimum Gasteiger partial charge on any atom is -0.481 e. The van der Waals surface area contributed by atoms with E-state index < -0.39 is 17.8 Å². The number of nitrogens with one attached hydrogen (secondary N) is 1. The highest BCUT2D eigenvalue weighted by molar-refractivity contribution is 9.10. The lowest BCUT2D eigenvalue weighted by atomic mass is 9.95. The molecule has 2 rings (SSSR count). The van der Waals surface area contributed by atoms with E-state index in [1.54, 1.807) is 0 Å². The van der Waals surface area contributed by atoms with Crippen LogP contribution in [-0.2, 0) is 9.59 Å². The molecule has 2 N–H and O–H groups in total. The molecule has 0 aromatic heterocycles. The highest BCUT2D eigenvalue weighted by Gasteiger charge is 2.37. The zero-order valence-corrected chi connectivity index (χ0v) is 12.2. The standard InChI is InChI=1S/C14H16BrNO3/c1-8-11(15)6-3-7-12(8)16-13(17)9-4-2-5-10(9)14(18)19/h3,6-7,9-10H,2,4-5H2,1H3,(H,16,17)(H,18,19)/t9-,10+/m1/s1. The normalized spacial score (nSPS) is 22.2. The maximum absolute atomic E-state index is 12.2. The molecule has 1 fully saturated rings. The third-order valence-corrected chi connectivity index (χ3v) is 4.55. The van der Waals surface area contributed by atoms with Crippen LogP contribution in [0.1, 0.15) is 24.8 Å². The first-order valence-corrected chi connectivity index (χ1v) is 7.09. The van der Waals surface area contributed by atoms with Gasteiger partial charge in [-0.15, -0.1) is 0 Å². The Balaban J connectivity index is 2.13. The highest BCUT2D eigenvalue weighted by Crippen LogP contribution is 2.33. The van der Waals surface area contributed by atoms with Gasteiger partial charge in [0.25, 0.3) is 0 Å². The molecule has 1 saturated carbocycles. The summed E-state index contributed by atoms with van der Waals surface area (Å²) < 4.78 is 0.923. The van der Waals surface area contributed by atoms with Crippen molar-refractivity contribution in [2.24, 2.45) is 11.8 Å². The van der Waals surface area contributed by atoms with Crippen LogP contribution in [-0.4, -0.2) is 17.0 Å². The van der Waals surface area contributed by atoms with Gasteiger partial charge in [0, 0.05) is 10.2 Å². The van der Waals surface area contributed by atoms with E-state index in [2.05, 4.69) is 21.2 Å². The monoisotopic (exact) mass is 325 g/mol. The van der Waals surface area contributed by atoms with E-state index in [9.17, 15) is 9.59 Å². The molecule has 1 aliphatic carbocycles. The van der Waals surface area contributed by atoms with Crippen LogP contribution < -0.4 is 5.32 Å². The third kappa shape index (κ3) is 2.97. The van der Waals surface area contributed by atoms with Crippen LogP contribution in [0.15, 0.2) is 22.7 Å². The molecule has 1 aromatic carbocycles. The zero-order valence-electron chi connectivity index (χ0n) is 10.6. The first kappa shape index (κ1) is 14.1. The maximum Gasteiger partial charge on any atom is 0.307 e. The van der Waals surface area contributed by atoms with Crippen LogP contribution in [0.25, 0.3) is 0 Å². The number of rotatable bonds is 3. The number of carbonyl (C=O) groups excluding carboxylic acids is 1. The molecule has 0 unspecified atom stereocenters. The average molecular weight is 326 g/mol. The van der Waals surface area contributed by atoms with Gasteiger partial charge in [-0.3, -0.25) is 9.59 Å². The number of anilines is 1. The van der Waals surface area contributed by atoms with E-state index in [1.807, 2.05) is 25.1 Å². The van der Waals surface area contributed by atoms with E-state index in [0.717, 1.165) is 22.1 Å². The molecule has 5 heteroatoms. The number of carboxylic acids is 1. The third-order valence-electron chi connectivity index (χ3n) is 3.70. The van der Waals surface area contributed by atoms with Crippen molar-refractivity contribution in [3.8, 4) is 0 Å². The molecule has 0 radical (unpaired) electrons. The lowest BCUT2D eigenvalue weighted by molar-refractivity contribution is -0.145. The van der Waals surface area contributed by atoms with E-state index in [0.29, 0.717) is 12.8 Å². The predicted octanol–water partition coefficient (Wildman–Crippen LogP) is 3.20. The van der Waals surface area contributed by atoms with Crippen LogP contribution in [0.5, 0.6) is 0 Å². The first-order chi connectivity index (χ1) is 9.00. The van der Waals surface area contributed by atoms with Crippen molar-refractivity contribution in [3.05, 3.63) is 28.2 Å². The van der Waals surface area contributed by atoms with E-state index in [-0.39, 0.29) is 5.91 Å². The Bertz CT molecular complexity index is 515. The number of halogens is 1. The van der Waals surface area contributed by atoms with Crippen molar-refractivity contribution in [2.75, 3.05) is 5.32 Å². The van der Waals surface area contributed by atoms with Crippen molar-refractivity contribution in [3.63, 3.8) is 0 Å². The number of hydrogen-bond donors (Lipinski definition) is 2. The van der Waals surface area contributed by atoms with Gasteiger partial charge < -0.3 is 10.4 Å². The Morgan fingerprint density at radius 3 is 2.68 bits per heavy atom. The quantitative estimate of drug-likeness (QED) is 0.896.